The molecule has 20 heavy (non-hydrogen) atoms. The predicted molar refractivity (Wildman–Crippen MR) is 84.3 cm³/mol. The summed E-state index contributed by atoms with van der Waals surface area (Å²) in [6.07, 6.45) is 0.201. The lowest BCUT2D eigenvalue weighted by Crippen LogP contribution is -2.18. The van der Waals surface area contributed by atoms with Gasteiger partial charge in [-0.25, -0.2) is 4.98 Å². The Kier molecular flexibility index (Phi) is 5.15. The third kappa shape index (κ3) is 4.32. The molecule has 1 heterocycles. The minimum atomic E-state index is 0.201. The maximum absolute atomic E-state index is 5.73. The molecule has 1 aromatic heterocycles. The Morgan fingerprint density at radius 2 is 2.10 bits per heavy atom. The number of aromatic nitrogens is 1. The van der Waals surface area contributed by atoms with Gasteiger partial charge in [-0.3, -0.25) is 0 Å². The summed E-state index contributed by atoms with van der Waals surface area (Å²) in [5.41, 5.74) is 2.32. The van der Waals surface area contributed by atoms with Crippen LogP contribution in [0.3, 0.4) is 0 Å². The van der Waals surface area contributed by atoms with E-state index in [2.05, 4.69) is 34.7 Å². The van der Waals surface area contributed by atoms with Gasteiger partial charge in [0.1, 0.15) is 10.8 Å². The van der Waals surface area contributed by atoms with Crippen LogP contribution in [0, 0.1) is 6.92 Å². The first-order valence-electron chi connectivity index (χ1n) is 6.95. The number of aryl methyl sites for hydroxylation is 1. The van der Waals surface area contributed by atoms with E-state index in [0.717, 1.165) is 23.0 Å². The topological polar surface area (TPSA) is 34.1 Å². The van der Waals surface area contributed by atoms with Crippen LogP contribution in [-0.4, -0.2) is 11.1 Å². The van der Waals surface area contributed by atoms with Crippen LogP contribution >= 0.6 is 11.3 Å². The van der Waals surface area contributed by atoms with Gasteiger partial charge in [-0.1, -0.05) is 12.1 Å². The Morgan fingerprint density at radius 1 is 1.30 bits per heavy atom. The van der Waals surface area contributed by atoms with Crippen LogP contribution in [-0.2, 0) is 6.54 Å². The third-order valence-electron chi connectivity index (χ3n) is 2.96. The van der Waals surface area contributed by atoms with Crippen LogP contribution in [0.1, 0.15) is 43.1 Å². The quantitative estimate of drug-likeness (QED) is 0.870. The number of nitrogens with one attached hydrogen (secondary N) is 1. The Bertz CT molecular complexity index is 551. The molecule has 2 aromatic rings. The van der Waals surface area contributed by atoms with Crippen molar-refractivity contribution in [2.75, 3.05) is 0 Å². The summed E-state index contributed by atoms with van der Waals surface area (Å²) in [6.45, 7) is 9.07. The van der Waals surface area contributed by atoms with Gasteiger partial charge >= 0.3 is 0 Å². The lowest BCUT2D eigenvalue weighted by molar-refractivity contribution is 0.242. The normalized spacial score (nSPS) is 12.7. The van der Waals surface area contributed by atoms with Crippen LogP contribution in [0.15, 0.2) is 29.6 Å². The Hall–Kier alpha value is -1.39. The summed E-state index contributed by atoms with van der Waals surface area (Å²) in [5.74, 6) is 0.927. The second-order valence-corrected chi connectivity index (χ2v) is 6.17. The molecular formula is C16H22N2OS. The molecular weight excluding hydrogens is 268 g/mol. The molecule has 0 radical (unpaired) electrons. The molecule has 0 aliphatic rings. The highest BCUT2D eigenvalue weighted by Crippen LogP contribution is 2.20. The molecule has 0 aliphatic carbocycles. The zero-order valence-corrected chi connectivity index (χ0v) is 13.3. The van der Waals surface area contributed by atoms with Gasteiger partial charge in [0.15, 0.2) is 0 Å². The Balaban J connectivity index is 1.96. The van der Waals surface area contributed by atoms with E-state index in [1.807, 2.05) is 32.9 Å². The van der Waals surface area contributed by atoms with Gasteiger partial charge in [-0.05, 0) is 45.4 Å². The number of rotatable bonds is 6. The van der Waals surface area contributed by atoms with E-state index in [0.29, 0.717) is 0 Å². The second-order valence-electron chi connectivity index (χ2n) is 5.22. The molecule has 108 valence electrons. The number of hydrogen-bond donors (Lipinski definition) is 1. The van der Waals surface area contributed by atoms with Crippen molar-refractivity contribution < 1.29 is 4.74 Å². The predicted octanol–water partition coefficient (Wildman–Crippen LogP) is 4.09. The van der Waals surface area contributed by atoms with Gasteiger partial charge in [0.05, 0.1) is 6.10 Å². The first-order valence-corrected chi connectivity index (χ1v) is 7.83. The maximum atomic E-state index is 5.73. The lowest BCUT2D eigenvalue weighted by Gasteiger charge is -2.16. The molecule has 2 rings (SSSR count). The molecule has 4 heteroatoms. The summed E-state index contributed by atoms with van der Waals surface area (Å²) in [6, 6.07) is 8.54. The van der Waals surface area contributed by atoms with Crippen LogP contribution in [0.5, 0.6) is 5.75 Å². The van der Waals surface area contributed by atoms with Crippen molar-refractivity contribution in [3.05, 3.63) is 45.9 Å². The summed E-state index contributed by atoms with van der Waals surface area (Å²) in [7, 11) is 0. The highest BCUT2D eigenvalue weighted by molar-refractivity contribution is 7.09. The fourth-order valence-corrected chi connectivity index (χ4v) is 2.69. The van der Waals surface area contributed by atoms with E-state index in [1.165, 1.54) is 5.56 Å². The second kappa shape index (κ2) is 6.86. The van der Waals surface area contributed by atoms with Crippen LogP contribution in [0.4, 0.5) is 0 Å². The smallest absolute Gasteiger partial charge is 0.120 e. The van der Waals surface area contributed by atoms with Crippen LogP contribution in [0.2, 0.25) is 0 Å². The van der Waals surface area contributed by atoms with Gasteiger partial charge in [-0.2, -0.15) is 0 Å². The molecule has 0 amide bonds. The first kappa shape index (κ1) is 15.0. The van der Waals surface area contributed by atoms with E-state index < -0.39 is 0 Å². The van der Waals surface area contributed by atoms with Crippen molar-refractivity contribution in [2.24, 2.45) is 0 Å². The molecule has 3 nitrogen and oxygen atoms in total. The zero-order chi connectivity index (χ0) is 14.5. The monoisotopic (exact) mass is 290 g/mol. The van der Waals surface area contributed by atoms with Crippen molar-refractivity contribution in [3.63, 3.8) is 0 Å². The van der Waals surface area contributed by atoms with E-state index in [9.17, 15) is 0 Å². The van der Waals surface area contributed by atoms with Crippen molar-refractivity contribution in [1.29, 1.82) is 0 Å². The van der Waals surface area contributed by atoms with Gasteiger partial charge < -0.3 is 10.1 Å². The van der Waals surface area contributed by atoms with Crippen molar-refractivity contribution >= 4 is 11.3 Å². The average molecular weight is 290 g/mol. The van der Waals surface area contributed by atoms with E-state index in [-0.39, 0.29) is 12.1 Å². The lowest BCUT2D eigenvalue weighted by atomic mass is 10.1. The SMILES string of the molecule is Cc1csc(CNC(C)c2cccc(OC(C)C)c2)n1. The van der Waals surface area contributed by atoms with Gasteiger partial charge in [0, 0.05) is 23.7 Å². The number of thiazole rings is 1. The summed E-state index contributed by atoms with van der Waals surface area (Å²) in [4.78, 5) is 4.46. The molecule has 1 N–H and O–H groups in total. The average Bonchev–Trinajstić information content (AvgIpc) is 2.81. The molecule has 0 saturated heterocycles. The molecule has 0 fully saturated rings. The summed E-state index contributed by atoms with van der Waals surface area (Å²) >= 11 is 1.70. The third-order valence-corrected chi connectivity index (χ3v) is 3.92. The number of hydrogen-bond acceptors (Lipinski definition) is 4. The number of nitrogens with zero attached hydrogens (tertiary/aromatic N) is 1. The molecule has 0 aliphatic heterocycles. The summed E-state index contributed by atoms with van der Waals surface area (Å²) < 4.78 is 5.73. The van der Waals surface area contributed by atoms with Crippen molar-refractivity contribution in [1.82, 2.24) is 10.3 Å². The minimum absolute atomic E-state index is 0.201. The fraction of sp³-hybridized carbons (Fsp3) is 0.438. The molecule has 0 saturated carbocycles. The van der Waals surface area contributed by atoms with E-state index >= 15 is 0 Å². The van der Waals surface area contributed by atoms with Gasteiger partial charge in [0.2, 0.25) is 0 Å². The minimum Gasteiger partial charge on any atom is -0.491 e. The molecule has 0 bridgehead atoms. The largest absolute Gasteiger partial charge is 0.491 e. The number of ether oxygens (including phenoxy) is 1. The standard InChI is InChI=1S/C16H22N2OS/c1-11(2)19-15-7-5-6-14(8-15)13(4)17-9-16-18-12(3)10-20-16/h5-8,10-11,13,17H,9H2,1-4H3. The zero-order valence-electron chi connectivity index (χ0n) is 12.5. The highest BCUT2D eigenvalue weighted by atomic mass is 32.1. The number of benzene rings is 1. The highest BCUT2D eigenvalue weighted by Gasteiger charge is 2.08. The first-order chi connectivity index (χ1) is 9.54. The van der Waals surface area contributed by atoms with Crippen molar-refractivity contribution in [2.45, 2.75) is 46.4 Å². The fourth-order valence-electron chi connectivity index (χ4n) is 1.97. The van der Waals surface area contributed by atoms with Gasteiger partial charge in [-0.15, -0.1) is 11.3 Å². The molecule has 1 unspecified atom stereocenters. The molecule has 1 atom stereocenters. The Labute approximate surface area is 125 Å². The van der Waals surface area contributed by atoms with E-state index in [4.69, 9.17) is 4.74 Å². The van der Waals surface area contributed by atoms with Crippen molar-refractivity contribution in [3.8, 4) is 5.75 Å². The molecule has 0 spiro atoms. The maximum Gasteiger partial charge on any atom is 0.120 e. The van der Waals surface area contributed by atoms with Crippen LogP contribution < -0.4 is 10.1 Å². The van der Waals surface area contributed by atoms with Gasteiger partial charge in [0.25, 0.3) is 0 Å². The summed E-state index contributed by atoms with van der Waals surface area (Å²) in [5, 5.41) is 6.71. The van der Waals surface area contributed by atoms with Crippen LogP contribution in [0.25, 0.3) is 0 Å². The Morgan fingerprint density at radius 3 is 2.75 bits per heavy atom. The molecule has 1 aromatic carbocycles. The van der Waals surface area contributed by atoms with E-state index in [1.54, 1.807) is 11.3 Å².